The van der Waals surface area contributed by atoms with Crippen molar-refractivity contribution in [1.29, 1.82) is 0 Å². The second-order valence-electron chi connectivity index (χ2n) is 3.15. The summed E-state index contributed by atoms with van der Waals surface area (Å²) < 4.78 is 5.39. The van der Waals surface area contributed by atoms with Crippen molar-refractivity contribution in [3.05, 3.63) is 23.5 Å². The molecule has 1 aliphatic rings. The first kappa shape index (κ1) is 9.08. The lowest BCUT2D eigenvalue weighted by Crippen LogP contribution is -2.06. The number of carbonyl (C=O) groups is 1. The molecule has 1 fully saturated rings. The van der Waals surface area contributed by atoms with Crippen molar-refractivity contribution in [1.82, 2.24) is 10.2 Å². The summed E-state index contributed by atoms with van der Waals surface area (Å²) in [5.41, 5.74) is 0.680. The van der Waals surface area contributed by atoms with E-state index in [1.807, 2.05) is 0 Å². The third-order valence-corrected chi connectivity index (χ3v) is 2.16. The quantitative estimate of drug-likeness (QED) is 0.761. The Kier molecular flexibility index (Phi) is 2.41. The third-order valence-electron chi connectivity index (χ3n) is 2.16. The summed E-state index contributed by atoms with van der Waals surface area (Å²) in [7, 11) is 0. The molecular formula is C9H10N2O3. The Morgan fingerprint density at radius 2 is 2.36 bits per heavy atom. The summed E-state index contributed by atoms with van der Waals surface area (Å²) in [6.45, 7) is 0.743. The predicted molar refractivity (Wildman–Crippen MR) is 46.9 cm³/mol. The highest BCUT2D eigenvalue weighted by Crippen LogP contribution is 2.26. The number of ether oxygens (including phenoxy) is 1. The Morgan fingerprint density at radius 3 is 2.86 bits per heavy atom. The molecule has 0 bridgehead atoms. The standard InChI is InChI=1S/C9H10N2O3/c12-9(13)7-4-3-6(10-11-7)8-2-1-5-14-8/h3-4,8H,1-2,5H2,(H,12,13). The van der Waals surface area contributed by atoms with Gasteiger partial charge in [-0.3, -0.25) is 0 Å². The number of carboxylic acid groups (broad SMARTS) is 1. The summed E-state index contributed by atoms with van der Waals surface area (Å²) in [6.07, 6.45) is 1.94. The van der Waals surface area contributed by atoms with Crippen LogP contribution in [-0.4, -0.2) is 27.9 Å². The first-order chi connectivity index (χ1) is 6.77. The average Bonchev–Trinajstić information content (AvgIpc) is 2.71. The van der Waals surface area contributed by atoms with Crippen molar-refractivity contribution in [2.24, 2.45) is 0 Å². The normalized spacial score (nSPS) is 21.0. The number of nitrogens with zero attached hydrogens (tertiary/aromatic N) is 2. The van der Waals surface area contributed by atoms with Gasteiger partial charge in [0.25, 0.3) is 0 Å². The maximum Gasteiger partial charge on any atom is 0.356 e. The molecule has 1 saturated heterocycles. The van der Waals surface area contributed by atoms with Gasteiger partial charge in [-0.25, -0.2) is 4.79 Å². The minimum Gasteiger partial charge on any atom is -0.476 e. The van der Waals surface area contributed by atoms with Crippen LogP contribution >= 0.6 is 0 Å². The minimum atomic E-state index is -1.06. The first-order valence-corrected chi connectivity index (χ1v) is 4.46. The van der Waals surface area contributed by atoms with Crippen LogP contribution in [0.25, 0.3) is 0 Å². The van der Waals surface area contributed by atoms with Gasteiger partial charge in [0.05, 0.1) is 5.69 Å². The molecule has 0 saturated carbocycles. The van der Waals surface area contributed by atoms with Crippen molar-refractivity contribution in [3.63, 3.8) is 0 Å². The fraction of sp³-hybridized carbons (Fsp3) is 0.444. The van der Waals surface area contributed by atoms with Crippen LogP contribution in [0.5, 0.6) is 0 Å². The molecule has 14 heavy (non-hydrogen) atoms. The number of aromatic nitrogens is 2. The van der Waals surface area contributed by atoms with Gasteiger partial charge in [0.1, 0.15) is 6.10 Å². The molecule has 0 radical (unpaired) electrons. The molecule has 1 aliphatic heterocycles. The fourth-order valence-corrected chi connectivity index (χ4v) is 1.44. The van der Waals surface area contributed by atoms with Gasteiger partial charge in [-0.2, -0.15) is 5.10 Å². The molecule has 0 spiro atoms. The zero-order valence-electron chi connectivity index (χ0n) is 7.51. The second-order valence-corrected chi connectivity index (χ2v) is 3.15. The lowest BCUT2D eigenvalue weighted by molar-refractivity contribution is 0.0687. The number of rotatable bonds is 2. The van der Waals surface area contributed by atoms with Gasteiger partial charge in [0.2, 0.25) is 0 Å². The molecule has 1 aromatic heterocycles. The molecule has 5 nitrogen and oxygen atoms in total. The summed E-state index contributed by atoms with van der Waals surface area (Å²) in [5, 5.41) is 16.0. The largest absolute Gasteiger partial charge is 0.476 e. The molecule has 2 rings (SSSR count). The molecule has 0 aromatic carbocycles. The van der Waals surface area contributed by atoms with Crippen LogP contribution < -0.4 is 0 Å². The van der Waals surface area contributed by atoms with Gasteiger partial charge < -0.3 is 9.84 Å². The van der Waals surface area contributed by atoms with Gasteiger partial charge in [0.15, 0.2) is 5.69 Å². The smallest absolute Gasteiger partial charge is 0.356 e. The van der Waals surface area contributed by atoms with Crippen LogP contribution in [0.3, 0.4) is 0 Å². The Morgan fingerprint density at radius 1 is 1.50 bits per heavy atom. The van der Waals surface area contributed by atoms with E-state index in [2.05, 4.69) is 10.2 Å². The lowest BCUT2D eigenvalue weighted by atomic mass is 10.2. The summed E-state index contributed by atoms with van der Waals surface area (Å²) in [5.74, 6) is -1.06. The molecule has 5 heteroatoms. The summed E-state index contributed by atoms with van der Waals surface area (Å²) in [4.78, 5) is 10.5. The fourth-order valence-electron chi connectivity index (χ4n) is 1.44. The maximum absolute atomic E-state index is 10.5. The van der Waals surface area contributed by atoms with E-state index in [1.54, 1.807) is 6.07 Å². The van der Waals surface area contributed by atoms with Crippen LogP contribution in [0, 0.1) is 0 Å². The van der Waals surface area contributed by atoms with Gasteiger partial charge in [0, 0.05) is 6.61 Å². The van der Waals surface area contributed by atoms with Gasteiger partial charge in [-0.1, -0.05) is 0 Å². The predicted octanol–water partition coefficient (Wildman–Crippen LogP) is 1.03. The first-order valence-electron chi connectivity index (χ1n) is 4.46. The van der Waals surface area contributed by atoms with E-state index < -0.39 is 5.97 Å². The number of carboxylic acids is 1. The molecule has 1 N–H and O–H groups in total. The molecule has 1 aromatic rings. The van der Waals surface area contributed by atoms with E-state index in [-0.39, 0.29) is 11.8 Å². The minimum absolute atomic E-state index is 0.00894. The van der Waals surface area contributed by atoms with Crippen molar-refractivity contribution >= 4 is 5.97 Å². The Labute approximate surface area is 80.7 Å². The zero-order chi connectivity index (χ0) is 9.97. The summed E-state index contributed by atoms with van der Waals surface area (Å²) in [6, 6.07) is 3.11. The highest BCUT2D eigenvalue weighted by Gasteiger charge is 2.19. The molecule has 1 unspecified atom stereocenters. The molecule has 1 atom stereocenters. The van der Waals surface area contributed by atoms with E-state index >= 15 is 0 Å². The van der Waals surface area contributed by atoms with Gasteiger partial charge in [-0.05, 0) is 25.0 Å². The van der Waals surface area contributed by atoms with E-state index in [4.69, 9.17) is 9.84 Å². The molecular weight excluding hydrogens is 184 g/mol. The SMILES string of the molecule is O=C(O)c1ccc(C2CCCO2)nn1. The monoisotopic (exact) mass is 194 g/mol. The van der Waals surface area contributed by atoms with Crippen LogP contribution in [0.1, 0.15) is 35.1 Å². The maximum atomic E-state index is 10.5. The van der Waals surface area contributed by atoms with Crippen molar-refractivity contribution in [2.45, 2.75) is 18.9 Å². The zero-order valence-corrected chi connectivity index (χ0v) is 7.51. The van der Waals surface area contributed by atoms with E-state index in [0.29, 0.717) is 5.69 Å². The van der Waals surface area contributed by atoms with Crippen LogP contribution in [0.4, 0.5) is 0 Å². The van der Waals surface area contributed by atoms with Gasteiger partial charge in [-0.15, -0.1) is 5.10 Å². The summed E-state index contributed by atoms with van der Waals surface area (Å²) >= 11 is 0. The average molecular weight is 194 g/mol. The van der Waals surface area contributed by atoms with Gasteiger partial charge >= 0.3 is 5.97 Å². The molecule has 0 aliphatic carbocycles. The van der Waals surface area contributed by atoms with Crippen molar-refractivity contribution in [3.8, 4) is 0 Å². The van der Waals surface area contributed by atoms with Crippen molar-refractivity contribution in [2.75, 3.05) is 6.61 Å². The Bertz CT molecular complexity index is 330. The topological polar surface area (TPSA) is 72.3 Å². The second kappa shape index (κ2) is 3.71. The van der Waals surface area contributed by atoms with E-state index in [1.165, 1.54) is 6.07 Å². The van der Waals surface area contributed by atoms with E-state index in [9.17, 15) is 4.79 Å². The molecule has 74 valence electrons. The lowest BCUT2D eigenvalue weighted by Gasteiger charge is -2.06. The highest BCUT2D eigenvalue weighted by atomic mass is 16.5. The highest BCUT2D eigenvalue weighted by molar-refractivity contribution is 5.84. The van der Waals surface area contributed by atoms with Crippen LogP contribution in [0.15, 0.2) is 12.1 Å². The number of hydrogen-bond donors (Lipinski definition) is 1. The molecule has 2 heterocycles. The van der Waals surface area contributed by atoms with Crippen molar-refractivity contribution < 1.29 is 14.6 Å². The van der Waals surface area contributed by atoms with Crippen LogP contribution in [-0.2, 0) is 4.74 Å². The van der Waals surface area contributed by atoms with Crippen LogP contribution in [0.2, 0.25) is 0 Å². The van der Waals surface area contributed by atoms with E-state index in [0.717, 1.165) is 19.4 Å². The number of aromatic carboxylic acids is 1. The Hall–Kier alpha value is -1.49. The Balaban J connectivity index is 2.16. The molecule has 0 amide bonds. The number of hydrogen-bond acceptors (Lipinski definition) is 4. The third kappa shape index (κ3) is 1.72.